The van der Waals surface area contributed by atoms with Gasteiger partial charge in [-0.05, 0) is 68.0 Å². The summed E-state index contributed by atoms with van der Waals surface area (Å²) >= 11 is 7.06. The van der Waals surface area contributed by atoms with E-state index in [9.17, 15) is 14.4 Å². The van der Waals surface area contributed by atoms with Crippen molar-refractivity contribution in [1.29, 1.82) is 0 Å². The maximum Gasteiger partial charge on any atom is 0.261 e. The Morgan fingerprint density at radius 2 is 1.98 bits per heavy atom. The highest BCUT2D eigenvalue weighted by Gasteiger charge is 2.46. The SMILES string of the molecule is C=C/C=C(/C(=O)Nc1ccc(F)c(-c2cccc(-c3cc4c(c(OC)n3)C(N3CCC5(CCC(=O)N5)C3)CC4)c2Cl)c1C)C(=O)N(C)C. The van der Waals surface area contributed by atoms with E-state index in [4.69, 9.17) is 21.3 Å². The maximum absolute atomic E-state index is 15.6. The molecule has 1 aromatic heterocycles. The Morgan fingerprint density at radius 1 is 1.21 bits per heavy atom. The number of pyridine rings is 1. The normalized spacial score (nSPS) is 20.5. The summed E-state index contributed by atoms with van der Waals surface area (Å²) in [5.41, 5.74) is 4.63. The van der Waals surface area contributed by atoms with E-state index in [1.54, 1.807) is 40.3 Å². The molecule has 2 saturated heterocycles. The first-order chi connectivity index (χ1) is 23.0. The van der Waals surface area contributed by atoms with E-state index in [0.29, 0.717) is 45.4 Å². The quantitative estimate of drug-likeness (QED) is 0.132. The molecule has 3 aromatic rings. The number of anilines is 1. The van der Waals surface area contributed by atoms with Crippen molar-refractivity contribution in [1.82, 2.24) is 20.1 Å². The van der Waals surface area contributed by atoms with Crippen LogP contribution in [0, 0.1) is 12.7 Å². The van der Waals surface area contributed by atoms with Gasteiger partial charge in [0.05, 0.1) is 23.4 Å². The van der Waals surface area contributed by atoms with Crippen LogP contribution in [0.2, 0.25) is 5.02 Å². The van der Waals surface area contributed by atoms with Gasteiger partial charge in [0.15, 0.2) is 0 Å². The number of benzene rings is 2. The number of hydrogen-bond donors (Lipinski definition) is 2. The van der Waals surface area contributed by atoms with Crippen molar-refractivity contribution in [2.24, 2.45) is 0 Å². The minimum absolute atomic E-state index is 0.103. The second kappa shape index (κ2) is 13.2. The fourth-order valence-electron chi connectivity index (χ4n) is 7.35. The molecule has 6 rings (SSSR count). The van der Waals surface area contributed by atoms with Gasteiger partial charge in [-0.1, -0.05) is 42.5 Å². The monoisotopic (exact) mass is 671 g/mol. The van der Waals surface area contributed by atoms with Crippen LogP contribution in [0.3, 0.4) is 0 Å². The average Bonchev–Trinajstić information content (AvgIpc) is 3.78. The molecule has 9 nitrogen and oxygen atoms in total. The number of nitrogens with zero attached hydrogens (tertiary/aromatic N) is 3. The van der Waals surface area contributed by atoms with Crippen LogP contribution in [0.15, 0.2) is 60.7 Å². The van der Waals surface area contributed by atoms with Gasteiger partial charge in [-0.15, -0.1) is 0 Å². The number of rotatable bonds is 8. The largest absolute Gasteiger partial charge is 0.481 e. The van der Waals surface area contributed by atoms with Crippen molar-refractivity contribution >= 4 is 35.0 Å². The van der Waals surface area contributed by atoms with Crippen LogP contribution in [0.25, 0.3) is 22.4 Å². The molecule has 2 N–H and O–H groups in total. The number of allylic oxidation sites excluding steroid dienone is 2. The van der Waals surface area contributed by atoms with Gasteiger partial charge in [-0.2, -0.15) is 0 Å². The summed E-state index contributed by atoms with van der Waals surface area (Å²) in [5, 5.41) is 6.28. The molecule has 0 bridgehead atoms. The van der Waals surface area contributed by atoms with Gasteiger partial charge in [0, 0.05) is 67.6 Å². The Labute approximate surface area is 284 Å². The molecular formula is C37H39ClFN5O4. The van der Waals surface area contributed by atoms with E-state index in [1.807, 2.05) is 12.1 Å². The number of fused-ring (bicyclic) bond motifs is 1. The molecule has 2 unspecified atom stereocenters. The lowest BCUT2D eigenvalue weighted by Gasteiger charge is -2.28. The smallest absolute Gasteiger partial charge is 0.261 e. The molecule has 2 aromatic carbocycles. The number of halogens is 2. The minimum Gasteiger partial charge on any atom is -0.481 e. The molecule has 11 heteroatoms. The number of hydrogen-bond acceptors (Lipinski definition) is 6. The minimum atomic E-state index is -0.640. The Balaban J connectivity index is 1.32. The summed E-state index contributed by atoms with van der Waals surface area (Å²) in [6.45, 7) is 7.00. The molecule has 3 amide bonds. The van der Waals surface area contributed by atoms with E-state index >= 15 is 4.39 Å². The van der Waals surface area contributed by atoms with Crippen molar-refractivity contribution in [3.05, 3.63) is 88.2 Å². The molecule has 48 heavy (non-hydrogen) atoms. The summed E-state index contributed by atoms with van der Waals surface area (Å²) < 4.78 is 21.5. The van der Waals surface area contributed by atoms with Gasteiger partial charge in [0.25, 0.3) is 11.8 Å². The van der Waals surface area contributed by atoms with Gasteiger partial charge in [0.1, 0.15) is 11.4 Å². The number of methoxy groups -OCH3 is 1. The summed E-state index contributed by atoms with van der Waals surface area (Å²) in [7, 11) is 4.71. The number of carbonyl (C=O) groups is 3. The number of likely N-dealkylation sites (N-methyl/N-ethyl adjacent to an activating group) is 1. The zero-order chi connectivity index (χ0) is 34.3. The summed E-state index contributed by atoms with van der Waals surface area (Å²) in [5.74, 6) is -0.979. The lowest BCUT2D eigenvalue weighted by Crippen LogP contribution is -2.44. The number of aromatic nitrogens is 1. The standard InChI is InChI=1S/C37H39ClFN5O4/c1-6-8-25(36(47)43(3)4)34(46)40-27-13-12-26(39)31(21(27)2)24-10-7-9-23(33(24)38)28-19-22-11-14-29(32(22)35(41-28)48-5)44-18-17-37(20-44)16-15-30(45)42-37/h6-10,12-13,19,29H,1,11,14-18,20H2,2-5H3,(H,40,46)(H,42,45)/b25-8-. The van der Waals surface area contributed by atoms with E-state index in [1.165, 1.54) is 29.2 Å². The first-order valence-electron chi connectivity index (χ1n) is 16.0. The van der Waals surface area contributed by atoms with E-state index in [2.05, 4.69) is 22.1 Å². The second-order valence-electron chi connectivity index (χ2n) is 12.9. The van der Waals surface area contributed by atoms with Crippen molar-refractivity contribution in [3.63, 3.8) is 0 Å². The third-order valence-electron chi connectivity index (χ3n) is 9.75. The number of likely N-dealkylation sites (tertiary alicyclic amines) is 1. The molecule has 1 aliphatic carbocycles. The van der Waals surface area contributed by atoms with E-state index < -0.39 is 17.6 Å². The van der Waals surface area contributed by atoms with Gasteiger partial charge < -0.3 is 20.3 Å². The molecule has 0 saturated carbocycles. The molecule has 1 spiro atoms. The van der Waals surface area contributed by atoms with Gasteiger partial charge in [-0.3, -0.25) is 19.3 Å². The topological polar surface area (TPSA) is 104 Å². The van der Waals surface area contributed by atoms with Gasteiger partial charge >= 0.3 is 0 Å². The fraction of sp³-hybridized carbons (Fsp3) is 0.351. The summed E-state index contributed by atoms with van der Waals surface area (Å²) in [6.07, 6.45) is 6.85. The summed E-state index contributed by atoms with van der Waals surface area (Å²) in [4.78, 5) is 46.4. The van der Waals surface area contributed by atoms with Crippen molar-refractivity contribution in [2.45, 2.75) is 50.6 Å². The number of aryl methyl sites for hydroxylation is 1. The first kappa shape index (κ1) is 33.4. The predicted octanol–water partition coefficient (Wildman–Crippen LogP) is 6.01. The third-order valence-corrected chi connectivity index (χ3v) is 10.2. The molecule has 2 atom stereocenters. The Morgan fingerprint density at radius 3 is 2.67 bits per heavy atom. The zero-order valence-electron chi connectivity index (χ0n) is 27.6. The highest BCUT2D eigenvalue weighted by Crippen LogP contribution is 2.47. The number of nitrogens with one attached hydrogen (secondary N) is 2. The van der Waals surface area contributed by atoms with Crippen LogP contribution in [-0.4, -0.2) is 72.3 Å². The Hall–Kier alpha value is -4.54. The number of ether oxygens (including phenoxy) is 1. The molecule has 3 aliphatic rings. The lowest BCUT2D eigenvalue weighted by molar-refractivity contribution is -0.127. The molecule has 250 valence electrons. The highest BCUT2D eigenvalue weighted by atomic mass is 35.5. The van der Waals surface area contributed by atoms with Crippen molar-refractivity contribution < 1.29 is 23.5 Å². The first-order valence-corrected chi connectivity index (χ1v) is 16.4. The molecule has 0 radical (unpaired) electrons. The molecular weight excluding hydrogens is 633 g/mol. The fourth-order valence-corrected chi connectivity index (χ4v) is 7.67. The van der Waals surface area contributed by atoms with Crippen LogP contribution in [0.4, 0.5) is 10.1 Å². The van der Waals surface area contributed by atoms with Crippen LogP contribution in [0.1, 0.15) is 48.4 Å². The van der Waals surface area contributed by atoms with E-state index in [0.717, 1.165) is 49.9 Å². The maximum atomic E-state index is 15.6. The average molecular weight is 672 g/mol. The van der Waals surface area contributed by atoms with Gasteiger partial charge in [0.2, 0.25) is 11.8 Å². The number of carbonyl (C=O) groups excluding carboxylic acids is 3. The zero-order valence-corrected chi connectivity index (χ0v) is 28.3. The second-order valence-corrected chi connectivity index (χ2v) is 13.3. The number of amides is 3. The summed E-state index contributed by atoms with van der Waals surface area (Å²) in [6, 6.07) is 10.3. The molecule has 3 heterocycles. The Bertz CT molecular complexity index is 1870. The lowest BCUT2D eigenvalue weighted by atomic mass is 9.95. The van der Waals surface area contributed by atoms with Crippen molar-refractivity contribution in [2.75, 3.05) is 39.6 Å². The Kier molecular flexibility index (Phi) is 9.15. The van der Waals surface area contributed by atoms with Crippen molar-refractivity contribution in [3.8, 4) is 28.3 Å². The van der Waals surface area contributed by atoms with Crippen LogP contribution >= 0.6 is 11.6 Å². The van der Waals surface area contributed by atoms with E-state index in [-0.39, 0.29) is 28.6 Å². The highest BCUT2D eigenvalue weighted by molar-refractivity contribution is 6.36. The molecule has 2 aliphatic heterocycles. The third kappa shape index (κ3) is 5.99. The predicted molar refractivity (Wildman–Crippen MR) is 184 cm³/mol. The van der Waals surface area contributed by atoms with Crippen LogP contribution < -0.4 is 15.4 Å². The van der Waals surface area contributed by atoms with Crippen LogP contribution in [-0.2, 0) is 20.8 Å². The van der Waals surface area contributed by atoms with Gasteiger partial charge in [-0.25, -0.2) is 9.37 Å². The molecule has 2 fully saturated rings. The van der Waals surface area contributed by atoms with Crippen LogP contribution in [0.5, 0.6) is 5.88 Å².